The van der Waals surface area contributed by atoms with Crippen molar-refractivity contribution in [2.75, 3.05) is 19.4 Å². The molecule has 0 radical (unpaired) electrons. The van der Waals surface area contributed by atoms with Crippen molar-refractivity contribution < 1.29 is 33.4 Å². The predicted octanol–water partition coefficient (Wildman–Crippen LogP) is 0.324. The zero-order valence-electron chi connectivity index (χ0n) is 12.2. The first kappa shape index (κ1) is 19.8. The van der Waals surface area contributed by atoms with E-state index in [2.05, 4.69) is 0 Å². The Kier molecular flexibility index (Phi) is 9.12. The molecule has 0 aromatic rings. The van der Waals surface area contributed by atoms with Crippen LogP contribution in [0.1, 0.15) is 26.7 Å². The third-order valence-electron chi connectivity index (χ3n) is 2.34. The Labute approximate surface area is 123 Å². The number of nitrogens with two attached hydrogens (primary N) is 1. The molecule has 0 aliphatic rings. The van der Waals surface area contributed by atoms with Gasteiger partial charge in [-0.3, -0.25) is 14.2 Å². The van der Waals surface area contributed by atoms with Gasteiger partial charge in [-0.2, -0.15) is 0 Å². The highest BCUT2D eigenvalue weighted by molar-refractivity contribution is 7.52. The maximum atomic E-state index is 11.4. The number of hydrogen-bond acceptors (Lipinski definition) is 6. The molecule has 0 saturated carbocycles. The van der Waals surface area contributed by atoms with Crippen LogP contribution in [0.3, 0.4) is 0 Å². The van der Waals surface area contributed by atoms with Gasteiger partial charge in [-0.15, -0.1) is 0 Å². The highest BCUT2D eigenvalue weighted by Gasteiger charge is 2.20. The summed E-state index contributed by atoms with van der Waals surface area (Å²) in [5.41, 5.74) is 5.79. The smallest absolute Gasteiger partial charge is 0.329 e. The third kappa shape index (κ3) is 10.2. The molecular weight excluding hydrogens is 301 g/mol. The normalized spacial score (nSPS) is 13.7. The highest BCUT2D eigenvalue weighted by Crippen LogP contribution is 2.37. The molecule has 122 valence electrons. The summed E-state index contributed by atoms with van der Waals surface area (Å²) in [5, 5.41) is 0. The highest BCUT2D eigenvalue weighted by atomic mass is 31.2. The molecule has 0 fully saturated rings. The Morgan fingerprint density at radius 2 is 1.76 bits per heavy atom. The van der Waals surface area contributed by atoms with Gasteiger partial charge in [0, 0.05) is 6.42 Å². The van der Waals surface area contributed by atoms with Crippen LogP contribution in [-0.2, 0) is 23.6 Å². The minimum absolute atomic E-state index is 0.0464. The lowest BCUT2D eigenvalue weighted by Gasteiger charge is -2.12. The standard InChI is InChI=1S/C12H22NO7P/c1-3-19-11(14)6-5-9(8-21(16,17)18)7-10(13)12(15)20-4-2/h7,10H,3-6,8,13H2,1-2H3,(H2,16,17,18)/b9-7+. The van der Waals surface area contributed by atoms with Crippen molar-refractivity contribution >= 4 is 19.5 Å². The fraction of sp³-hybridized carbons (Fsp3) is 0.667. The number of ether oxygens (including phenoxy) is 2. The van der Waals surface area contributed by atoms with E-state index >= 15 is 0 Å². The Hall–Kier alpha value is -1.21. The van der Waals surface area contributed by atoms with Gasteiger partial charge >= 0.3 is 19.5 Å². The minimum atomic E-state index is -4.33. The molecule has 0 aromatic carbocycles. The second-order valence-corrected chi connectivity index (χ2v) is 5.88. The van der Waals surface area contributed by atoms with Gasteiger partial charge in [-0.25, -0.2) is 0 Å². The zero-order chi connectivity index (χ0) is 16.5. The van der Waals surface area contributed by atoms with Crippen molar-refractivity contribution in [1.82, 2.24) is 0 Å². The second kappa shape index (κ2) is 9.68. The van der Waals surface area contributed by atoms with Crippen LogP contribution >= 0.6 is 7.60 Å². The Bertz CT molecular complexity index is 429. The number of hydrogen-bond donors (Lipinski definition) is 3. The lowest BCUT2D eigenvalue weighted by molar-refractivity contribution is -0.144. The fourth-order valence-electron chi connectivity index (χ4n) is 1.54. The van der Waals surface area contributed by atoms with Crippen molar-refractivity contribution in [1.29, 1.82) is 0 Å². The van der Waals surface area contributed by atoms with Crippen molar-refractivity contribution in [3.05, 3.63) is 11.6 Å². The predicted molar refractivity (Wildman–Crippen MR) is 75.5 cm³/mol. The zero-order valence-corrected chi connectivity index (χ0v) is 13.0. The molecule has 0 aromatic heterocycles. The molecule has 0 heterocycles. The van der Waals surface area contributed by atoms with Gasteiger partial charge in [-0.05, 0) is 20.3 Å². The molecular formula is C12H22NO7P. The number of allylic oxidation sites excluding steroid dienone is 1. The van der Waals surface area contributed by atoms with Gasteiger partial charge < -0.3 is 25.0 Å². The van der Waals surface area contributed by atoms with E-state index in [4.69, 9.17) is 25.0 Å². The number of rotatable bonds is 9. The minimum Gasteiger partial charge on any atom is -0.466 e. The fourth-order valence-corrected chi connectivity index (χ4v) is 2.33. The molecule has 1 atom stereocenters. The summed E-state index contributed by atoms with van der Waals surface area (Å²) in [6.07, 6.45) is 0.655. The molecule has 0 aliphatic heterocycles. The van der Waals surface area contributed by atoms with Crippen LogP contribution in [0.4, 0.5) is 0 Å². The lowest BCUT2D eigenvalue weighted by atomic mass is 10.1. The van der Waals surface area contributed by atoms with E-state index in [1.54, 1.807) is 13.8 Å². The second-order valence-electron chi connectivity index (χ2n) is 4.23. The van der Waals surface area contributed by atoms with Crippen LogP contribution in [-0.4, -0.2) is 47.1 Å². The van der Waals surface area contributed by atoms with E-state index < -0.39 is 31.7 Å². The lowest BCUT2D eigenvalue weighted by Crippen LogP contribution is -2.30. The first-order chi connectivity index (χ1) is 9.69. The number of esters is 2. The third-order valence-corrected chi connectivity index (χ3v) is 3.16. The maximum Gasteiger partial charge on any atom is 0.329 e. The summed E-state index contributed by atoms with van der Waals surface area (Å²) >= 11 is 0. The van der Waals surface area contributed by atoms with E-state index in [0.29, 0.717) is 0 Å². The molecule has 4 N–H and O–H groups in total. The summed E-state index contributed by atoms with van der Waals surface area (Å²) in [7, 11) is -4.33. The Balaban J connectivity index is 4.83. The molecule has 21 heavy (non-hydrogen) atoms. The summed E-state index contributed by atoms with van der Waals surface area (Å²) in [6, 6.07) is -1.13. The molecule has 0 aliphatic carbocycles. The molecule has 0 rings (SSSR count). The van der Waals surface area contributed by atoms with Crippen LogP contribution in [0.2, 0.25) is 0 Å². The van der Waals surface area contributed by atoms with Gasteiger partial charge in [0.1, 0.15) is 6.04 Å². The first-order valence-corrected chi connectivity index (χ1v) is 8.31. The topological polar surface area (TPSA) is 136 Å². The molecule has 0 bridgehead atoms. The summed E-state index contributed by atoms with van der Waals surface area (Å²) < 4.78 is 20.5. The SMILES string of the molecule is CCOC(=O)CC/C(=C\C(N)C(=O)OCC)CP(=O)(O)O. The van der Waals surface area contributed by atoms with E-state index in [0.717, 1.165) is 0 Å². The van der Waals surface area contributed by atoms with E-state index in [1.807, 2.05) is 0 Å². The number of carbonyl (C=O) groups excluding carboxylic acids is 2. The molecule has 1 unspecified atom stereocenters. The van der Waals surface area contributed by atoms with Crippen molar-refractivity contribution in [3.63, 3.8) is 0 Å². The van der Waals surface area contributed by atoms with Gasteiger partial charge in [0.05, 0.1) is 19.4 Å². The van der Waals surface area contributed by atoms with E-state index in [-0.39, 0.29) is 31.6 Å². The average molecular weight is 323 g/mol. The van der Waals surface area contributed by atoms with Crippen LogP contribution in [0.15, 0.2) is 11.6 Å². The monoisotopic (exact) mass is 323 g/mol. The summed E-state index contributed by atoms with van der Waals surface area (Å²) in [4.78, 5) is 40.7. The maximum absolute atomic E-state index is 11.4. The van der Waals surface area contributed by atoms with E-state index in [9.17, 15) is 14.2 Å². The average Bonchev–Trinajstić information content (AvgIpc) is 2.34. The van der Waals surface area contributed by atoms with Crippen LogP contribution in [0, 0.1) is 0 Å². The van der Waals surface area contributed by atoms with E-state index in [1.165, 1.54) is 6.08 Å². The molecule has 0 amide bonds. The van der Waals surface area contributed by atoms with Crippen LogP contribution in [0.25, 0.3) is 0 Å². The summed E-state index contributed by atoms with van der Waals surface area (Å²) in [5.74, 6) is -1.18. The van der Waals surface area contributed by atoms with Gasteiger partial charge in [0.25, 0.3) is 0 Å². The Morgan fingerprint density at radius 3 is 2.24 bits per heavy atom. The molecule has 0 saturated heterocycles. The molecule has 8 nitrogen and oxygen atoms in total. The van der Waals surface area contributed by atoms with Crippen molar-refractivity contribution in [2.45, 2.75) is 32.7 Å². The van der Waals surface area contributed by atoms with Gasteiger partial charge in [-0.1, -0.05) is 11.6 Å². The quantitative estimate of drug-likeness (QED) is 0.313. The van der Waals surface area contributed by atoms with Crippen molar-refractivity contribution in [2.24, 2.45) is 5.73 Å². The largest absolute Gasteiger partial charge is 0.466 e. The first-order valence-electron chi connectivity index (χ1n) is 6.51. The summed E-state index contributed by atoms with van der Waals surface area (Å²) in [6.45, 7) is 3.64. The van der Waals surface area contributed by atoms with Crippen LogP contribution in [0.5, 0.6) is 0 Å². The number of carbonyl (C=O) groups is 2. The molecule has 0 spiro atoms. The molecule has 9 heteroatoms. The Morgan fingerprint density at radius 1 is 1.19 bits per heavy atom. The van der Waals surface area contributed by atoms with Gasteiger partial charge in [0.2, 0.25) is 0 Å². The van der Waals surface area contributed by atoms with Crippen molar-refractivity contribution in [3.8, 4) is 0 Å². The van der Waals surface area contributed by atoms with Gasteiger partial charge in [0.15, 0.2) is 0 Å². The van der Waals surface area contributed by atoms with Crippen LogP contribution < -0.4 is 5.73 Å².